The molecule has 0 atom stereocenters. The molecule has 1 aliphatic rings. The van der Waals surface area contributed by atoms with E-state index in [4.69, 9.17) is 0 Å². The van der Waals surface area contributed by atoms with Crippen LogP contribution in [0.3, 0.4) is 0 Å². The van der Waals surface area contributed by atoms with Crippen molar-refractivity contribution >= 4 is 23.4 Å². The Labute approximate surface area is 150 Å². The van der Waals surface area contributed by atoms with E-state index in [0.29, 0.717) is 11.1 Å². The van der Waals surface area contributed by atoms with Gasteiger partial charge in [-0.1, -0.05) is 48.2 Å². The summed E-state index contributed by atoms with van der Waals surface area (Å²) in [7, 11) is 0. The maximum atomic E-state index is 12.1. The van der Waals surface area contributed by atoms with Crippen LogP contribution in [0.4, 0.5) is 5.69 Å². The van der Waals surface area contributed by atoms with Crippen LogP contribution in [-0.4, -0.2) is 26.4 Å². The monoisotopic (exact) mass is 350 g/mol. The van der Waals surface area contributed by atoms with Crippen molar-refractivity contribution < 1.29 is 4.79 Å². The Morgan fingerprint density at radius 2 is 1.76 bits per heavy atom. The fourth-order valence-electron chi connectivity index (χ4n) is 2.58. The minimum absolute atomic E-state index is 0.0553. The number of benzene rings is 2. The number of aromatic nitrogens is 3. The van der Waals surface area contributed by atoms with Crippen molar-refractivity contribution in [1.82, 2.24) is 14.8 Å². The first kappa shape index (κ1) is 15.9. The number of amides is 1. The van der Waals surface area contributed by atoms with Gasteiger partial charge in [0, 0.05) is 11.6 Å². The maximum absolute atomic E-state index is 12.1. The lowest BCUT2D eigenvalue weighted by atomic mass is 10.3. The summed E-state index contributed by atoms with van der Waals surface area (Å²) in [5.41, 5.74) is 1.81. The van der Waals surface area contributed by atoms with Crippen molar-refractivity contribution in [2.45, 2.75) is 23.9 Å². The van der Waals surface area contributed by atoms with Crippen LogP contribution in [-0.2, 0) is 4.79 Å². The number of carbonyl (C=O) groups excluding carboxylic acids is 1. The topological polar surface area (TPSA) is 59.8 Å². The van der Waals surface area contributed by atoms with Crippen molar-refractivity contribution in [3.05, 3.63) is 66.5 Å². The van der Waals surface area contributed by atoms with Crippen LogP contribution in [0, 0.1) is 0 Å². The molecule has 1 aliphatic carbocycles. The zero-order valence-electron chi connectivity index (χ0n) is 13.6. The van der Waals surface area contributed by atoms with Gasteiger partial charge < -0.3 is 5.32 Å². The molecule has 1 fully saturated rings. The molecule has 0 spiro atoms. The van der Waals surface area contributed by atoms with E-state index in [2.05, 4.69) is 15.4 Å². The Hall–Kier alpha value is -2.60. The van der Waals surface area contributed by atoms with E-state index in [1.165, 1.54) is 11.8 Å². The Balaban J connectivity index is 1.45. The third kappa shape index (κ3) is 3.91. The predicted octanol–water partition coefficient (Wildman–Crippen LogP) is 3.88. The van der Waals surface area contributed by atoms with Crippen LogP contribution in [0.15, 0.2) is 65.8 Å². The van der Waals surface area contributed by atoms with Crippen LogP contribution in [0.1, 0.15) is 24.6 Å². The summed E-state index contributed by atoms with van der Waals surface area (Å²) in [6.07, 6.45) is 2.31. The SMILES string of the molecule is O=C(CSc1nc(C2CC2)n(-c2ccccc2)n1)Nc1ccccc1. The summed E-state index contributed by atoms with van der Waals surface area (Å²) in [5, 5.41) is 8.13. The molecule has 1 saturated carbocycles. The first-order valence-corrected chi connectivity index (χ1v) is 9.28. The quantitative estimate of drug-likeness (QED) is 0.686. The van der Waals surface area contributed by atoms with Gasteiger partial charge >= 0.3 is 0 Å². The van der Waals surface area contributed by atoms with E-state index >= 15 is 0 Å². The first-order valence-electron chi connectivity index (χ1n) is 8.30. The van der Waals surface area contributed by atoms with Crippen LogP contribution in [0.2, 0.25) is 0 Å². The van der Waals surface area contributed by atoms with Crippen LogP contribution < -0.4 is 5.32 Å². The normalized spacial score (nSPS) is 13.6. The van der Waals surface area contributed by atoms with E-state index < -0.39 is 0 Å². The number of nitrogens with zero attached hydrogens (tertiary/aromatic N) is 3. The van der Waals surface area contributed by atoms with Gasteiger partial charge in [0.05, 0.1) is 11.4 Å². The fourth-order valence-corrected chi connectivity index (χ4v) is 3.21. The van der Waals surface area contributed by atoms with Gasteiger partial charge in [-0.15, -0.1) is 5.10 Å². The Bertz CT molecular complexity index is 860. The van der Waals surface area contributed by atoms with Crippen LogP contribution >= 0.6 is 11.8 Å². The smallest absolute Gasteiger partial charge is 0.234 e. The molecule has 0 saturated heterocycles. The predicted molar refractivity (Wildman–Crippen MR) is 99.1 cm³/mol. The number of rotatable bonds is 6. The van der Waals surface area contributed by atoms with E-state index in [0.717, 1.165) is 30.0 Å². The second-order valence-corrected chi connectivity index (χ2v) is 6.92. The molecule has 6 heteroatoms. The molecule has 0 unspecified atom stereocenters. The largest absolute Gasteiger partial charge is 0.325 e. The molecular formula is C19H18N4OS. The lowest BCUT2D eigenvalue weighted by Crippen LogP contribution is -2.13. The number of hydrogen-bond acceptors (Lipinski definition) is 4. The highest BCUT2D eigenvalue weighted by Crippen LogP contribution is 2.40. The van der Waals surface area contributed by atoms with Crippen LogP contribution in [0.25, 0.3) is 5.69 Å². The third-order valence-corrected chi connectivity index (χ3v) is 4.78. The van der Waals surface area contributed by atoms with E-state index in [1.807, 2.05) is 65.3 Å². The van der Waals surface area contributed by atoms with E-state index in [1.54, 1.807) is 0 Å². The van der Waals surface area contributed by atoms with Crippen molar-refractivity contribution in [2.75, 3.05) is 11.1 Å². The average molecular weight is 350 g/mol. The maximum Gasteiger partial charge on any atom is 0.234 e. The van der Waals surface area contributed by atoms with Gasteiger partial charge in [-0.25, -0.2) is 9.67 Å². The van der Waals surface area contributed by atoms with E-state index in [9.17, 15) is 4.79 Å². The van der Waals surface area contributed by atoms with Crippen molar-refractivity contribution in [2.24, 2.45) is 0 Å². The Kier molecular flexibility index (Phi) is 4.52. The third-order valence-electron chi connectivity index (χ3n) is 3.95. The highest BCUT2D eigenvalue weighted by atomic mass is 32.2. The van der Waals surface area contributed by atoms with Crippen molar-refractivity contribution in [1.29, 1.82) is 0 Å². The summed E-state index contributed by atoms with van der Waals surface area (Å²) in [4.78, 5) is 16.8. The van der Waals surface area contributed by atoms with Gasteiger partial charge in [0.1, 0.15) is 5.82 Å². The van der Waals surface area contributed by atoms with Gasteiger partial charge in [-0.05, 0) is 37.1 Å². The molecule has 1 aromatic heterocycles. The zero-order valence-corrected chi connectivity index (χ0v) is 14.4. The molecule has 3 aromatic rings. The lowest BCUT2D eigenvalue weighted by Gasteiger charge is -2.03. The van der Waals surface area contributed by atoms with Gasteiger partial charge in [-0.3, -0.25) is 4.79 Å². The molecule has 0 bridgehead atoms. The number of nitrogens with one attached hydrogen (secondary N) is 1. The molecule has 0 aliphatic heterocycles. The number of para-hydroxylation sites is 2. The van der Waals surface area contributed by atoms with Gasteiger partial charge in [0.25, 0.3) is 0 Å². The minimum atomic E-state index is -0.0553. The number of anilines is 1. The summed E-state index contributed by atoms with van der Waals surface area (Å²) in [6.45, 7) is 0. The standard InChI is InChI=1S/C19H18N4OS/c24-17(20-15-7-3-1-4-8-15)13-25-19-21-18(14-11-12-14)23(22-19)16-9-5-2-6-10-16/h1-10,14H,11-13H2,(H,20,24). The van der Waals surface area contributed by atoms with Gasteiger partial charge in [-0.2, -0.15) is 0 Å². The van der Waals surface area contributed by atoms with Crippen LogP contribution in [0.5, 0.6) is 0 Å². The molecule has 1 heterocycles. The zero-order chi connectivity index (χ0) is 17.1. The molecular weight excluding hydrogens is 332 g/mol. The lowest BCUT2D eigenvalue weighted by molar-refractivity contribution is -0.113. The number of hydrogen-bond donors (Lipinski definition) is 1. The highest BCUT2D eigenvalue weighted by Gasteiger charge is 2.30. The van der Waals surface area contributed by atoms with E-state index in [-0.39, 0.29) is 11.7 Å². The number of carbonyl (C=O) groups is 1. The molecule has 1 amide bonds. The molecule has 1 N–H and O–H groups in total. The Morgan fingerprint density at radius 3 is 2.44 bits per heavy atom. The minimum Gasteiger partial charge on any atom is -0.325 e. The molecule has 5 nitrogen and oxygen atoms in total. The fraction of sp³-hybridized carbons (Fsp3) is 0.211. The molecule has 25 heavy (non-hydrogen) atoms. The second kappa shape index (κ2) is 7.11. The first-order chi connectivity index (χ1) is 12.3. The second-order valence-electron chi connectivity index (χ2n) is 5.98. The molecule has 126 valence electrons. The van der Waals surface area contributed by atoms with Gasteiger partial charge in [0.15, 0.2) is 0 Å². The average Bonchev–Trinajstić information content (AvgIpc) is 3.41. The van der Waals surface area contributed by atoms with Gasteiger partial charge in [0.2, 0.25) is 11.1 Å². The molecule has 0 radical (unpaired) electrons. The Morgan fingerprint density at radius 1 is 1.08 bits per heavy atom. The van der Waals surface area contributed by atoms with Crippen molar-refractivity contribution in [3.8, 4) is 5.69 Å². The number of thioether (sulfide) groups is 1. The van der Waals surface area contributed by atoms with Crippen molar-refractivity contribution in [3.63, 3.8) is 0 Å². The molecule has 4 rings (SSSR count). The highest BCUT2D eigenvalue weighted by molar-refractivity contribution is 7.99. The summed E-state index contributed by atoms with van der Waals surface area (Å²) in [5.74, 6) is 1.72. The molecule has 2 aromatic carbocycles. The summed E-state index contributed by atoms with van der Waals surface area (Å²) >= 11 is 1.37. The summed E-state index contributed by atoms with van der Waals surface area (Å²) in [6, 6.07) is 19.5. The summed E-state index contributed by atoms with van der Waals surface area (Å²) < 4.78 is 1.91.